The van der Waals surface area contributed by atoms with Crippen LogP contribution in [0.5, 0.6) is 17.2 Å². The smallest absolute Gasteiger partial charge is 0.161 e. The molecular weight excluding hydrogens is 872 g/mol. The molecule has 0 fully saturated rings. The quantitative estimate of drug-likeness (QED) is 0.0389. The fourth-order valence-electron chi connectivity index (χ4n) is 13.1. The molecule has 0 amide bonds. The molecule has 0 spiro atoms. The van der Waals surface area contributed by atoms with Crippen LogP contribution in [0.25, 0.3) is 77.0 Å². The molecule has 0 heterocycles. The van der Waals surface area contributed by atoms with Crippen molar-refractivity contribution in [2.24, 2.45) is 0 Å². The Morgan fingerprint density at radius 2 is 0.915 bits per heavy atom. The molecule has 0 radical (unpaired) electrons. The van der Waals surface area contributed by atoms with Crippen molar-refractivity contribution in [3.63, 3.8) is 0 Å². The van der Waals surface area contributed by atoms with Gasteiger partial charge in [-0.15, -0.1) is 0 Å². The van der Waals surface area contributed by atoms with Gasteiger partial charge in [-0.1, -0.05) is 60.1 Å². The van der Waals surface area contributed by atoms with E-state index in [4.69, 9.17) is 0 Å². The Hall–Kier alpha value is -7.18. The van der Waals surface area contributed by atoms with Crippen molar-refractivity contribution in [1.82, 2.24) is 0 Å². The molecule has 0 aromatic heterocycles. The second kappa shape index (κ2) is 16.2. The summed E-state index contributed by atoms with van der Waals surface area (Å²) in [4.78, 5) is 0. The maximum Gasteiger partial charge on any atom is 0.161 e. The molecule has 0 saturated heterocycles. The molecule has 71 heavy (non-hydrogen) atoms. The molecule has 2 aliphatic carbocycles. The molecule has 8 aromatic rings. The van der Waals surface area contributed by atoms with Gasteiger partial charge < -0.3 is 25.5 Å². The van der Waals surface area contributed by atoms with Crippen LogP contribution in [0.4, 0.5) is 0 Å². The third kappa shape index (κ3) is 6.19. The summed E-state index contributed by atoms with van der Waals surface area (Å²) in [7, 11) is 2.19. The number of aliphatic hydroxyl groups is 2. The number of aliphatic hydroxyl groups excluding tert-OH is 2. The number of benzene rings is 8. The van der Waals surface area contributed by atoms with Crippen LogP contribution < -0.4 is 5.46 Å². The van der Waals surface area contributed by atoms with E-state index in [0.717, 1.165) is 116 Å². The molecule has 10 rings (SSSR count). The summed E-state index contributed by atoms with van der Waals surface area (Å²) in [5, 5.41) is 67.1. The molecule has 6 heteroatoms. The second-order valence-electron chi connectivity index (χ2n) is 21.1. The fraction of sp³-hybridized carbons (Fsp3) is 0.262. The van der Waals surface area contributed by atoms with Gasteiger partial charge >= 0.3 is 0 Å². The minimum Gasteiger partial charge on any atom is -0.508 e. The minimum atomic E-state index is -0.141. The van der Waals surface area contributed by atoms with Crippen LogP contribution in [0.2, 0.25) is 0 Å². The van der Waals surface area contributed by atoms with Crippen LogP contribution in [-0.2, 0) is 12.8 Å². The van der Waals surface area contributed by atoms with E-state index < -0.39 is 0 Å². The third-order valence-electron chi connectivity index (χ3n) is 18.2. The van der Waals surface area contributed by atoms with Crippen LogP contribution in [0.15, 0.2) is 65.9 Å². The van der Waals surface area contributed by atoms with Crippen molar-refractivity contribution in [3.05, 3.63) is 172 Å². The van der Waals surface area contributed by atoms with E-state index in [9.17, 15) is 25.5 Å². The molecule has 0 saturated carbocycles. The molecule has 0 atom stereocenters. The number of hydrogen-bond donors (Lipinski definition) is 5. The third-order valence-corrected chi connectivity index (χ3v) is 18.2. The first-order valence-electron chi connectivity index (χ1n) is 25.0. The summed E-state index contributed by atoms with van der Waals surface area (Å²) in [6.07, 6.45) is 0.677. The molecule has 0 bridgehead atoms. The van der Waals surface area contributed by atoms with Crippen molar-refractivity contribution in [1.29, 1.82) is 0 Å². The fourth-order valence-corrected chi connectivity index (χ4v) is 13.1. The van der Waals surface area contributed by atoms with Gasteiger partial charge in [0.25, 0.3) is 0 Å². The highest BCUT2D eigenvalue weighted by Crippen LogP contribution is 2.61. The lowest BCUT2D eigenvalue weighted by molar-refractivity contribution is 0.397. The highest BCUT2D eigenvalue weighted by atomic mass is 16.3. The maximum absolute atomic E-state index is 13.5. The molecule has 0 aliphatic heterocycles. The predicted octanol–water partition coefficient (Wildman–Crippen LogP) is 15.2. The first kappa shape index (κ1) is 47.5. The van der Waals surface area contributed by atoms with Crippen molar-refractivity contribution in [2.75, 3.05) is 0 Å². The SMILES string of the molecule is Bc1c(C)c(C)c(C)c2c(-c3cccc4ccccc34)c3c(C)c(C)c(C)c(C)c3c(/C(O)=C(C)/C(C)=C(\C(=C)O)c3c(C)c(C)c4c(c3C)Cc3c(O)c(O)c5c(c3-4)-c3c(C)c(C)c(C)c(O)c3C5)c12. The van der Waals surface area contributed by atoms with Crippen molar-refractivity contribution >= 4 is 57.0 Å². The van der Waals surface area contributed by atoms with Crippen LogP contribution >= 0.6 is 0 Å². The molecule has 5 nitrogen and oxygen atoms in total. The van der Waals surface area contributed by atoms with E-state index in [1.165, 1.54) is 49.7 Å². The number of aromatic hydroxyl groups is 3. The van der Waals surface area contributed by atoms with Gasteiger partial charge in [0.1, 0.15) is 25.1 Å². The Labute approximate surface area is 419 Å². The maximum atomic E-state index is 13.5. The summed E-state index contributed by atoms with van der Waals surface area (Å²) in [5.74, 6) is -0.00270. The number of phenols is 3. The largest absolute Gasteiger partial charge is 0.508 e. The first-order chi connectivity index (χ1) is 33.5. The Morgan fingerprint density at radius 3 is 1.52 bits per heavy atom. The summed E-state index contributed by atoms with van der Waals surface area (Å²) in [5.41, 5.74) is 27.7. The first-order valence-corrected chi connectivity index (χ1v) is 25.0. The molecular formula is C65H65BO5. The van der Waals surface area contributed by atoms with E-state index in [1.807, 2.05) is 27.7 Å². The second-order valence-corrected chi connectivity index (χ2v) is 21.1. The molecule has 0 unspecified atom stereocenters. The van der Waals surface area contributed by atoms with Gasteiger partial charge in [-0.3, -0.25) is 0 Å². The number of rotatable bonds is 5. The lowest BCUT2D eigenvalue weighted by Crippen LogP contribution is -2.16. The highest BCUT2D eigenvalue weighted by Gasteiger charge is 2.40. The summed E-state index contributed by atoms with van der Waals surface area (Å²) in [6.45, 7) is 35.9. The average molecular weight is 937 g/mol. The van der Waals surface area contributed by atoms with E-state index >= 15 is 0 Å². The minimum absolute atomic E-state index is 0.110. The van der Waals surface area contributed by atoms with Gasteiger partial charge in [0.05, 0.1) is 0 Å². The van der Waals surface area contributed by atoms with Crippen LogP contribution in [-0.4, -0.2) is 33.4 Å². The monoisotopic (exact) mass is 936 g/mol. The number of fused-ring (bicyclic) bond motifs is 10. The van der Waals surface area contributed by atoms with Crippen molar-refractivity contribution in [2.45, 2.75) is 117 Å². The summed E-state index contributed by atoms with van der Waals surface area (Å²) >= 11 is 0. The van der Waals surface area contributed by atoms with Crippen LogP contribution in [0.1, 0.15) is 120 Å². The van der Waals surface area contributed by atoms with Crippen LogP contribution in [0, 0.1) is 90.0 Å². The summed E-state index contributed by atoms with van der Waals surface area (Å²) in [6, 6.07) is 15.2. The summed E-state index contributed by atoms with van der Waals surface area (Å²) < 4.78 is 0. The standard InChI is InChI=1S/C65H65BO5/c1-26-27(2)32(7)54-53(31(26)6)56(44-23-19-21-42-20-17-18-22-43(42)44)55-33(8)28(3)37(12)61(66)59(55)60(54)63(69)39(14)36(11)50(41(16)67)49-34(9)35(10)51-45(40(49)15)24-47-57(51)58-48(65(71)64(47)70)25-46-52(58)30(5)29(4)38(13)62(46)68/h17-23,67-71H,16,24-25,66H2,1-15H3/b50-36+,63-39-. The topological polar surface area (TPSA) is 101 Å². The van der Waals surface area contributed by atoms with E-state index in [-0.39, 0.29) is 28.8 Å². The number of hydrogen-bond acceptors (Lipinski definition) is 5. The zero-order valence-corrected chi connectivity index (χ0v) is 44.4. The van der Waals surface area contributed by atoms with Gasteiger partial charge in [-0.25, -0.2) is 0 Å². The van der Waals surface area contributed by atoms with Gasteiger partial charge in [0.15, 0.2) is 11.5 Å². The lowest BCUT2D eigenvalue weighted by atomic mass is 9.73. The van der Waals surface area contributed by atoms with Gasteiger partial charge in [0.2, 0.25) is 0 Å². The van der Waals surface area contributed by atoms with Crippen LogP contribution in [0.3, 0.4) is 0 Å². The number of phenolic OH excluding ortho intramolecular Hbond substituents is 3. The highest BCUT2D eigenvalue weighted by molar-refractivity contribution is 6.43. The molecule has 5 N–H and O–H groups in total. The molecule has 8 aromatic carbocycles. The van der Waals surface area contributed by atoms with Gasteiger partial charge in [-0.05, 0) is 259 Å². The number of allylic oxidation sites excluding steroid dienone is 3. The van der Waals surface area contributed by atoms with E-state index in [2.05, 4.69) is 133 Å². The predicted molar refractivity (Wildman–Crippen MR) is 302 cm³/mol. The van der Waals surface area contributed by atoms with Gasteiger partial charge in [-0.2, -0.15) is 0 Å². The molecule has 2 aliphatic rings. The Balaban J connectivity index is 1.29. The zero-order chi connectivity index (χ0) is 51.5. The average Bonchev–Trinajstić information content (AvgIpc) is 3.96. The number of aryl methyl sites for hydroxylation is 3. The zero-order valence-electron chi connectivity index (χ0n) is 44.4. The normalized spacial score (nSPS) is 13.5. The Bertz CT molecular complexity index is 3840. The van der Waals surface area contributed by atoms with Crippen molar-refractivity contribution in [3.8, 4) is 50.6 Å². The van der Waals surface area contributed by atoms with Crippen molar-refractivity contribution < 1.29 is 25.5 Å². The lowest BCUT2D eigenvalue weighted by Gasteiger charge is -2.28. The van der Waals surface area contributed by atoms with E-state index in [1.54, 1.807) is 0 Å². The Kier molecular flexibility index (Phi) is 10.8. The molecule has 358 valence electrons. The Morgan fingerprint density at radius 1 is 0.437 bits per heavy atom. The van der Waals surface area contributed by atoms with Gasteiger partial charge in [0, 0.05) is 40.7 Å². The van der Waals surface area contributed by atoms with E-state index in [0.29, 0.717) is 40.7 Å².